The molecule has 0 heterocycles. The number of aliphatic hydroxyl groups is 1. The highest BCUT2D eigenvalue weighted by atomic mass is 16.6. The van der Waals surface area contributed by atoms with E-state index < -0.39 is 12.2 Å². The van der Waals surface area contributed by atoms with Gasteiger partial charge < -0.3 is 15.2 Å². The summed E-state index contributed by atoms with van der Waals surface area (Å²) in [5.74, 6) is 0.527. The maximum absolute atomic E-state index is 11.2. The Bertz CT molecular complexity index is 183. The molecule has 0 saturated carbocycles. The van der Waals surface area contributed by atoms with E-state index in [-0.39, 0.29) is 6.61 Å². The maximum Gasteiger partial charge on any atom is 0.407 e. The molecule has 0 saturated heterocycles. The summed E-state index contributed by atoms with van der Waals surface area (Å²) in [5.41, 5.74) is 0. The van der Waals surface area contributed by atoms with Crippen molar-refractivity contribution >= 4 is 6.09 Å². The van der Waals surface area contributed by atoms with Crippen LogP contribution in [0.4, 0.5) is 4.79 Å². The number of alkyl carbamates (subject to hydrolysis) is 1. The van der Waals surface area contributed by atoms with E-state index in [1.165, 1.54) is 12.8 Å². The third kappa shape index (κ3) is 8.53. The molecule has 0 aromatic heterocycles. The molecule has 0 aliphatic carbocycles. The average molecular weight is 231 g/mol. The summed E-state index contributed by atoms with van der Waals surface area (Å²) >= 11 is 0. The Hall–Kier alpha value is -0.770. The zero-order valence-electron chi connectivity index (χ0n) is 10.7. The first-order valence-corrected chi connectivity index (χ1v) is 6.18. The van der Waals surface area contributed by atoms with Crippen molar-refractivity contribution in [3.8, 4) is 0 Å². The number of nitrogens with one attached hydrogen (secondary N) is 1. The van der Waals surface area contributed by atoms with E-state index in [9.17, 15) is 4.79 Å². The fourth-order valence-electron chi connectivity index (χ4n) is 1.42. The van der Waals surface area contributed by atoms with Gasteiger partial charge in [-0.1, -0.05) is 33.1 Å². The van der Waals surface area contributed by atoms with Gasteiger partial charge in [-0.3, -0.25) is 0 Å². The molecule has 0 rings (SSSR count). The molecular formula is C12H25NO3. The molecule has 0 bridgehead atoms. The summed E-state index contributed by atoms with van der Waals surface area (Å²) in [4.78, 5) is 11.2. The highest BCUT2D eigenvalue weighted by Gasteiger charge is 2.09. The summed E-state index contributed by atoms with van der Waals surface area (Å²) in [6, 6.07) is 0. The van der Waals surface area contributed by atoms with Crippen molar-refractivity contribution < 1.29 is 14.6 Å². The molecule has 0 aliphatic heterocycles. The van der Waals surface area contributed by atoms with Crippen LogP contribution in [-0.2, 0) is 4.74 Å². The second-order valence-corrected chi connectivity index (χ2v) is 4.24. The molecule has 2 N–H and O–H groups in total. The summed E-state index contributed by atoms with van der Waals surface area (Å²) < 4.78 is 4.80. The van der Waals surface area contributed by atoms with Gasteiger partial charge in [0.15, 0.2) is 0 Å². The minimum Gasteiger partial charge on any atom is -0.447 e. The fraction of sp³-hybridized carbons (Fsp3) is 0.917. The zero-order valence-corrected chi connectivity index (χ0v) is 10.7. The van der Waals surface area contributed by atoms with E-state index in [1.54, 1.807) is 6.92 Å². The lowest BCUT2D eigenvalue weighted by atomic mass is 10.00. The number of amides is 1. The molecule has 0 fully saturated rings. The van der Waals surface area contributed by atoms with Crippen LogP contribution < -0.4 is 5.32 Å². The monoisotopic (exact) mass is 231 g/mol. The van der Waals surface area contributed by atoms with Gasteiger partial charge in [-0.15, -0.1) is 0 Å². The van der Waals surface area contributed by atoms with Crippen molar-refractivity contribution in [3.63, 3.8) is 0 Å². The van der Waals surface area contributed by atoms with E-state index in [4.69, 9.17) is 9.84 Å². The van der Waals surface area contributed by atoms with Crippen LogP contribution in [0.3, 0.4) is 0 Å². The van der Waals surface area contributed by atoms with E-state index in [0.717, 1.165) is 12.8 Å². The van der Waals surface area contributed by atoms with Gasteiger partial charge in [0.05, 0.1) is 6.10 Å². The number of hydrogen-bond donors (Lipinski definition) is 2. The third-order valence-electron chi connectivity index (χ3n) is 2.53. The minimum absolute atomic E-state index is 0.0532. The van der Waals surface area contributed by atoms with E-state index >= 15 is 0 Å². The van der Waals surface area contributed by atoms with Gasteiger partial charge >= 0.3 is 6.09 Å². The van der Waals surface area contributed by atoms with Crippen molar-refractivity contribution in [3.05, 3.63) is 0 Å². The minimum atomic E-state index is -0.604. The summed E-state index contributed by atoms with van der Waals surface area (Å²) in [6.45, 7) is 6.59. The van der Waals surface area contributed by atoms with Crippen LogP contribution in [0.2, 0.25) is 0 Å². The molecule has 16 heavy (non-hydrogen) atoms. The molecule has 0 spiro atoms. The Morgan fingerprint density at radius 1 is 1.44 bits per heavy atom. The van der Waals surface area contributed by atoms with Crippen molar-refractivity contribution in [1.29, 1.82) is 0 Å². The molecular weight excluding hydrogens is 206 g/mol. The van der Waals surface area contributed by atoms with Gasteiger partial charge in [0.1, 0.15) is 6.61 Å². The predicted molar refractivity (Wildman–Crippen MR) is 64.3 cm³/mol. The Labute approximate surface area is 98.4 Å². The number of carbonyl (C=O) groups excluding carboxylic acids is 1. The van der Waals surface area contributed by atoms with Crippen LogP contribution in [0, 0.1) is 5.92 Å². The maximum atomic E-state index is 11.2. The first-order valence-electron chi connectivity index (χ1n) is 6.18. The number of aliphatic hydroxyl groups excluding tert-OH is 1. The molecule has 0 aliphatic rings. The average Bonchev–Trinajstić information content (AvgIpc) is 2.26. The molecule has 2 atom stereocenters. The molecule has 0 radical (unpaired) electrons. The van der Waals surface area contributed by atoms with E-state index in [2.05, 4.69) is 19.2 Å². The quantitative estimate of drug-likeness (QED) is 0.674. The number of ether oxygens (including phenoxy) is 1. The Kier molecular flexibility index (Phi) is 9.00. The third-order valence-corrected chi connectivity index (χ3v) is 2.53. The number of hydrogen-bond acceptors (Lipinski definition) is 3. The molecule has 96 valence electrons. The number of carbonyl (C=O) groups is 1. The van der Waals surface area contributed by atoms with Gasteiger partial charge in [-0.05, 0) is 19.3 Å². The Morgan fingerprint density at radius 3 is 2.62 bits per heavy atom. The second kappa shape index (κ2) is 9.46. The van der Waals surface area contributed by atoms with Crippen molar-refractivity contribution in [1.82, 2.24) is 5.32 Å². The smallest absolute Gasteiger partial charge is 0.407 e. The van der Waals surface area contributed by atoms with Crippen molar-refractivity contribution in [2.75, 3.05) is 13.2 Å². The molecule has 4 nitrogen and oxygen atoms in total. The summed E-state index contributed by atoms with van der Waals surface area (Å²) in [7, 11) is 0. The van der Waals surface area contributed by atoms with Crippen LogP contribution in [0.5, 0.6) is 0 Å². The zero-order chi connectivity index (χ0) is 12.4. The molecule has 1 amide bonds. The summed E-state index contributed by atoms with van der Waals surface area (Å²) in [6.07, 6.45) is 3.55. The molecule has 0 aromatic rings. The Balaban J connectivity index is 3.62. The first kappa shape index (κ1) is 15.2. The molecule has 4 heteroatoms. The van der Waals surface area contributed by atoms with Crippen molar-refractivity contribution in [2.45, 2.75) is 52.6 Å². The standard InChI is InChI=1S/C12H25NO3/c1-4-6-7-11(5-2)8-13-12(15)16-9-10(3)14/h10-11,14H,4-9H2,1-3H3,(H,13,15). The first-order chi connectivity index (χ1) is 7.60. The van der Waals surface area contributed by atoms with Crippen LogP contribution in [0.15, 0.2) is 0 Å². The highest BCUT2D eigenvalue weighted by molar-refractivity contribution is 5.67. The van der Waals surface area contributed by atoms with Crippen LogP contribution in [-0.4, -0.2) is 30.5 Å². The number of unbranched alkanes of at least 4 members (excludes halogenated alkanes) is 1. The molecule has 0 aromatic carbocycles. The van der Waals surface area contributed by atoms with Gasteiger partial charge in [-0.25, -0.2) is 4.79 Å². The highest BCUT2D eigenvalue weighted by Crippen LogP contribution is 2.11. The van der Waals surface area contributed by atoms with E-state index in [1.807, 2.05) is 0 Å². The van der Waals surface area contributed by atoms with E-state index in [0.29, 0.717) is 12.5 Å². The number of rotatable bonds is 8. The topological polar surface area (TPSA) is 58.6 Å². The lowest BCUT2D eigenvalue weighted by Crippen LogP contribution is -2.31. The van der Waals surface area contributed by atoms with Crippen LogP contribution in [0.25, 0.3) is 0 Å². The fourth-order valence-corrected chi connectivity index (χ4v) is 1.42. The van der Waals surface area contributed by atoms with Crippen LogP contribution >= 0.6 is 0 Å². The van der Waals surface area contributed by atoms with Gasteiger partial charge in [0.25, 0.3) is 0 Å². The van der Waals surface area contributed by atoms with Crippen molar-refractivity contribution in [2.24, 2.45) is 5.92 Å². The van der Waals surface area contributed by atoms with Gasteiger partial charge in [-0.2, -0.15) is 0 Å². The Morgan fingerprint density at radius 2 is 2.12 bits per heavy atom. The molecule has 2 unspecified atom stereocenters. The largest absolute Gasteiger partial charge is 0.447 e. The lowest BCUT2D eigenvalue weighted by Gasteiger charge is -2.15. The van der Waals surface area contributed by atoms with Gasteiger partial charge in [0, 0.05) is 6.54 Å². The normalized spacial score (nSPS) is 14.2. The van der Waals surface area contributed by atoms with Gasteiger partial charge in [0.2, 0.25) is 0 Å². The lowest BCUT2D eigenvalue weighted by molar-refractivity contribution is 0.0773. The second-order valence-electron chi connectivity index (χ2n) is 4.24. The van der Waals surface area contributed by atoms with Crippen LogP contribution in [0.1, 0.15) is 46.5 Å². The predicted octanol–water partition coefficient (Wildman–Crippen LogP) is 2.31. The SMILES string of the molecule is CCCCC(CC)CNC(=O)OCC(C)O. The summed E-state index contributed by atoms with van der Waals surface area (Å²) in [5, 5.41) is 11.7.